The summed E-state index contributed by atoms with van der Waals surface area (Å²) in [5.74, 6) is 0.496. The first-order valence-electron chi connectivity index (χ1n) is 10.3. The van der Waals surface area contributed by atoms with Crippen LogP contribution in [0.5, 0.6) is 0 Å². The van der Waals surface area contributed by atoms with E-state index < -0.39 is 10.0 Å². The van der Waals surface area contributed by atoms with Gasteiger partial charge in [0.2, 0.25) is 0 Å². The van der Waals surface area contributed by atoms with Crippen LogP contribution < -0.4 is 10.2 Å². The number of fused-ring (bicyclic) bond motifs is 1. The molecule has 0 spiro atoms. The van der Waals surface area contributed by atoms with Gasteiger partial charge in [-0.1, -0.05) is 44.2 Å². The number of rotatable bonds is 7. The minimum atomic E-state index is -3.82. The van der Waals surface area contributed by atoms with Crippen molar-refractivity contribution in [3.63, 3.8) is 0 Å². The molecule has 0 fully saturated rings. The van der Waals surface area contributed by atoms with Gasteiger partial charge < -0.3 is 10.2 Å². The molecule has 0 bridgehead atoms. The van der Waals surface area contributed by atoms with E-state index in [0.717, 1.165) is 12.8 Å². The van der Waals surface area contributed by atoms with Crippen molar-refractivity contribution in [1.82, 2.24) is 5.32 Å². The molecule has 160 valence electrons. The molecule has 6 nitrogen and oxygen atoms in total. The maximum Gasteiger partial charge on any atom is 0.286 e. The Bertz CT molecular complexity index is 1050. The lowest BCUT2D eigenvalue weighted by molar-refractivity contribution is 0.0938. The molecule has 1 aliphatic heterocycles. The molecule has 0 aliphatic carbocycles. The Kier molecular flexibility index (Phi) is 6.61. The second-order valence-electron chi connectivity index (χ2n) is 8.20. The first-order valence-corrected chi connectivity index (χ1v) is 11.7. The maximum atomic E-state index is 12.7. The topological polar surface area (TPSA) is 78.8 Å². The third-order valence-electron chi connectivity index (χ3n) is 5.07. The monoisotopic (exact) mass is 427 g/mol. The Morgan fingerprint density at radius 3 is 2.47 bits per heavy atom. The van der Waals surface area contributed by atoms with E-state index in [1.807, 2.05) is 30.0 Å². The van der Waals surface area contributed by atoms with Gasteiger partial charge in [-0.05, 0) is 56.4 Å². The third-order valence-corrected chi connectivity index (χ3v) is 6.46. The summed E-state index contributed by atoms with van der Waals surface area (Å²) >= 11 is 0. The number of anilines is 1. The lowest BCUT2D eigenvalue weighted by Gasteiger charge is -2.31. The summed E-state index contributed by atoms with van der Waals surface area (Å²) in [4.78, 5) is 14.7. The SMILES string of the molecule is CC1=NS(=O)(=O)c2cc(C(=O)N[C@@H](C)CCc3ccccc3)ccc2N1CC(C)C. The Labute approximate surface area is 179 Å². The van der Waals surface area contributed by atoms with Gasteiger partial charge in [-0.2, -0.15) is 8.42 Å². The maximum absolute atomic E-state index is 12.7. The van der Waals surface area contributed by atoms with Crippen molar-refractivity contribution in [1.29, 1.82) is 0 Å². The molecule has 0 saturated heterocycles. The van der Waals surface area contributed by atoms with Crippen molar-refractivity contribution < 1.29 is 13.2 Å². The van der Waals surface area contributed by atoms with Crippen LogP contribution in [0, 0.1) is 5.92 Å². The van der Waals surface area contributed by atoms with E-state index in [9.17, 15) is 13.2 Å². The fraction of sp³-hybridized carbons (Fsp3) is 0.391. The van der Waals surface area contributed by atoms with Crippen LogP contribution in [0.3, 0.4) is 0 Å². The van der Waals surface area contributed by atoms with E-state index in [1.54, 1.807) is 19.1 Å². The van der Waals surface area contributed by atoms with Crippen LogP contribution in [-0.2, 0) is 16.4 Å². The van der Waals surface area contributed by atoms with Crippen LogP contribution >= 0.6 is 0 Å². The zero-order chi connectivity index (χ0) is 21.9. The number of carbonyl (C=O) groups is 1. The molecule has 30 heavy (non-hydrogen) atoms. The number of nitrogens with one attached hydrogen (secondary N) is 1. The molecule has 1 N–H and O–H groups in total. The first kappa shape index (κ1) is 22.0. The number of nitrogens with zero attached hydrogens (tertiary/aromatic N) is 2. The van der Waals surface area contributed by atoms with E-state index in [4.69, 9.17) is 0 Å². The fourth-order valence-electron chi connectivity index (χ4n) is 3.53. The fourth-order valence-corrected chi connectivity index (χ4v) is 4.80. The standard InChI is InChI=1S/C23H29N3O3S/c1-16(2)15-26-18(4)25-30(28,29)22-14-20(12-13-21(22)26)23(27)24-17(3)10-11-19-8-6-5-7-9-19/h5-9,12-14,16-17H,10-11,15H2,1-4H3,(H,24,27)/t17-/m0/s1. The number of amidine groups is 1. The van der Waals surface area contributed by atoms with Gasteiger partial charge in [0, 0.05) is 18.2 Å². The van der Waals surface area contributed by atoms with Crippen LogP contribution in [0.4, 0.5) is 5.69 Å². The highest BCUT2D eigenvalue weighted by Gasteiger charge is 2.30. The number of amides is 1. The molecule has 1 atom stereocenters. The molecule has 1 aliphatic rings. The van der Waals surface area contributed by atoms with E-state index in [-0.39, 0.29) is 16.8 Å². The highest BCUT2D eigenvalue weighted by Crippen LogP contribution is 2.33. The van der Waals surface area contributed by atoms with Gasteiger partial charge in [0.05, 0.1) is 5.69 Å². The van der Waals surface area contributed by atoms with Crippen molar-refractivity contribution in [2.75, 3.05) is 11.4 Å². The van der Waals surface area contributed by atoms with Gasteiger partial charge in [-0.3, -0.25) is 4.79 Å². The summed E-state index contributed by atoms with van der Waals surface area (Å²) in [6.07, 6.45) is 1.66. The summed E-state index contributed by atoms with van der Waals surface area (Å²) < 4.78 is 29.1. The molecule has 0 aromatic heterocycles. The zero-order valence-corrected chi connectivity index (χ0v) is 18.7. The molecular formula is C23H29N3O3S. The molecule has 2 aromatic carbocycles. The molecule has 0 saturated carbocycles. The third kappa shape index (κ3) is 5.08. The Morgan fingerprint density at radius 2 is 1.80 bits per heavy atom. The second-order valence-corrected chi connectivity index (χ2v) is 9.77. The van der Waals surface area contributed by atoms with E-state index >= 15 is 0 Å². The predicted octanol–water partition coefficient (Wildman–Crippen LogP) is 4.02. The quantitative estimate of drug-likeness (QED) is 0.724. The second kappa shape index (κ2) is 9.00. The Balaban J connectivity index is 1.76. The van der Waals surface area contributed by atoms with Crippen molar-refractivity contribution in [2.24, 2.45) is 10.3 Å². The van der Waals surface area contributed by atoms with E-state index in [1.165, 1.54) is 11.6 Å². The average molecular weight is 428 g/mol. The number of sulfonamides is 1. The zero-order valence-electron chi connectivity index (χ0n) is 17.9. The summed E-state index contributed by atoms with van der Waals surface area (Å²) in [5.41, 5.74) is 2.12. The lowest BCUT2D eigenvalue weighted by Crippen LogP contribution is -2.37. The van der Waals surface area contributed by atoms with Crippen LogP contribution in [0.2, 0.25) is 0 Å². The minimum absolute atomic E-state index is 0.0388. The van der Waals surface area contributed by atoms with Crippen molar-refractivity contribution in [3.8, 4) is 0 Å². The van der Waals surface area contributed by atoms with Crippen LogP contribution in [-0.4, -0.2) is 32.7 Å². The van der Waals surface area contributed by atoms with Gasteiger partial charge in [-0.15, -0.1) is 4.40 Å². The summed E-state index contributed by atoms with van der Waals surface area (Å²) in [5, 5.41) is 2.97. The number of hydrogen-bond acceptors (Lipinski definition) is 4. The van der Waals surface area contributed by atoms with Crippen molar-refractivity contribution in [2.45, 2.75) is 51.5 Å². The smallest absolute Gasteiger partial charge is 0.286 e. The van der Waals surface area contributed by atoms with Crippen LogP contribution in [0.25, 0.3) is 0 Å². The highest BCUT2D eigenvalue weighted by atomic mass is 32.2. The molecule has 7 heteroatoms. The lowest BCUT2D eigenvalue weighted by atomic mass is 10.1. The average Bonchev–Trinajstić information content (AvgIpc) is 2.69. The van der Waals surface area contributed by atoms with Gasteiger partial charge in [-0.25, -0.2) is 0 Å². The number of carbonyl (C=O) groups excluding carboxylic acids is 1. The van der Waals surface area contributed by atoms with Gasteiger partial charge in [0.25, 0.3) is 15.9 Å². The number of aryl methyl sites for hydroxylation is 1. The summed E-state index contributed by atoms with van der Waals surface area (Å²) in [7, 11) is -3.82. The largest absolute Gasteiger partial charge is 0.350 e. The van der Waals surface area contributed by atoms with Gasteiger partial charge in [0.15, 0.2) is 0 Å². The van der Waals surface area contributed by atoms with Crippen molar-refractivity contribution in [3.05, 3.63) is 59.7 Å². The molecule has 0 unspecified atom stereocenters. The van der Waals surface area contributed by atoms with Crippen LogP contribution in [0.15, 0.2) is 57.8 Å². The van der Waals surface area contributed by atoms with E-state index in [0.29, 0.717) is 29.5 Å². The minimum Gasteiger partial charge on any atom is -0.350 e. The van der Waals surface area contributed by atoms with Crippen molar-refractivity contribution >= 4 is 27.5 Å². The molecule has 3 rings (SSSR count). The number of hydrogen-bond donors (Lipinski definition) is 1. The Hall–Kier alpha value is -2.67. The molecule has 0 radical (unpaired) electrons. The normalized spacial score (nSPS) is 16.0. The van der Waals surface area contributed by atoms with Gasteiger partial charge in [0.1, 0.15) is 10.7 Å². The summed E-state index contributed by atoms with van der Waals surface area (Å²) in [6, 6.07) is 14.9. The van der Waals surface area contributed by atoms with E-state index in [2.05, 4.69) is 35.7 Å². The van der Waals surface area contributed by atoms with Gasteiger partial charge >= 0.3 is 0 Å². The molecule has 2 aromatic rings. The predicted molar refractivity (Wildman–Crippen MR) is 121 cm³/mol. The highest BCUT2D eigenvalue weighted by molar-refractivity contribution is 7.90. The summed E-state index contributed by atoms with van der Waals surface area (Å²) in [6.45, 7) is 8.43. The molecule has 1 heterocycles. The molecular weight excluding hydrogens is 398 g/mol. The number of benzene rings is 2. The molecule has 1 amide bonds. The van der Waals surface area contributed by atoms with Crippen LogP contribution in [0.1, 0.15) is 50.0 Å². The Morgan fingerprint density at radius 1 is 1.10 bits per heavy atom. The first-order chi connectivity index (χ1) is 14.2.